The van der Waals surface area contributed by atoms with Crippen LogP contribution in [0.3, 0.4) is 0 Å². The van der Waals surface area contributed by atoms with Crippen LogP contribution >= 0.6 is 0 Å². The van der Waals surface area contributed by atoms with E-state index in [9.17, 15) is 4.79 Å². The van der Waals surface area contributed by atoms with Gasteiger partial charge in [-0.1, -0.05) is 6.07 Å². The molecule has 1 atom stereocenters. The van der Waals surface area contributed by atoms with Crippen molar-refractivity contribution in [3.8, 4) is 5.75 Å². The number of carbonyl (C=O) groups excluding carboxylic acids is 1. The first kappa shape index (κ1) is 12.9. The molecular formula is C14H19NO3. The average Bonchev–Trinajstić information content (AvgIpc) is 2.38. The molecule has 0 saturated carbocycles. The van der Waals surface area contributed by atoms with E-state index in [-0.39, 0.29) is 5.97 Å². The minimum Gasteiger partial charge on any atom is -0.497 e. The molecule has 0 heterocycles. The molecule has 2 rings (SSSR count). The number of benzene rings is 1. The van der Waals surface area contributed by atoms with E-state index < -0.39 is 5.54 Å². The third-order valence-corrected chi connectivity index (χ3v) is 3.44. The number of fused-ring (bicyclic) bond motifs is 1. The van der Waals surface area contributed by atoms with Crippen molar-refractivity contribution in [2.45, 2.75) is 31.7 Å². The van der Waals surface area contributed by atoms with Crippen molar-refractivity contribution in [1.82, 2.24) is 0 Å². The van der Waals surface area contributed by atoms with Crippen molar-refractivity contribution in [2.75, 3.05) is 13.7 Å². The molecule has 0 aromatic heterocycles. The molecule has 18 heavy (non-hydrogen) atoms. The van der Waals surface area contributed by atoms with Gasteiger partial charge < -0.3 is 15.2 Å². The SMILES string of the molecule is CCOC(=O)C1(N)CCc2ccc(OC)cc2C1. The number of hydrogen-bond acceptors (Lipinski definition) is 4. The number of ether oxygens (including phenoxy) is 2. The van der Waals surface area contributed by atoms with E-state index in [2.05, 4.69) is 0 Å². The van der Waals surface area contributed by atoms with E-state index in [0.29, 0.717) is 19.4 Å². The minimum absolute atomic E-state index is 0.307. The predicted molar refractivity (Wildman–Crippen MR) is 68.6 cm³/mol. The molecule has 1 unspecified atom stereocenters. The zero-order valence-corrected chi connectivity index (χ0v) is 10.9. The Morgan fingerprint density at radius 2 is 2.22 bits per heavy atom. The van der Waals surface area contributed by atoms with Crippen LogP contribution in [-0.4, -0.2) is 25.2 Å². The number of rotatable bonds is 3. The first-order valence-electron chi connectivity index (χ1n) is 6.21. The van der Waals surface area contributed by atoms with Crippen molar-refractivity contribution in [2.24, 2.45) is 5.73 Å². The van der Waals surface area contributed by atoms with E-state index in [0.717, 1.165) is 17.7 Å². The van der Waals surface area contributed by atoms with E-state index in [1.807, 2.05) is 18.2 Å². The minimum atomic E-state index is -0.893. The van der Waals surface area contributed by atoms with Crippen LogP contribution in [0.1, 0.15) is 24.5 Å². The molecule has 0 radical (unpaired) electrons. The lowest BCUT2D eigenvalue weighted by atomic mass is 9.78. The van der Waals surface area contributed by atoms with Crippen molar-refractivity contribution in [3.63, 3.8) is 0 Å². The van der Waals surface area contributed by atoms with Gasteiger partial charge in [0.15, 0.2) is 0 Å². The van der Waals surface area contributed by atoms with Crippen LogP contribution < -0.4 is 10.5 Å². The Kier molecular flexibility index (Phi) is 3.57. The van der Waals surface area contributed by atoms with Gasteiger partial charge in [-0.3, -0.25) is 4.79 Å². The van der Waals surface area contributed by atoms with Gasteiger partial charge in [0.1, 0.15) is 11.3 Å². The monoisotopic (exact) mass is 249 g/mol. The second kappa shape index (κ2) is 4.98. The predicted octanol–water partition coefficient (Wildman–Crippen LogP) is 1.44. The normalized spacial score (nSPS) is 22.2. The second-order valence-corrected chi connectivity index (χ2v) is 4.69. The lowest BCUT2D eigenvalue weighted by molar-refractivity contribution is -0.150. The molecular weight excluding hydrogens is 230 g/mol. The first-order chi connectivity index (χ1) is 8.59. The molecule has 98 valence electrons. The quantitative estimate of drug-likeness (QED) is 0.823. The van der Waals surface area contributed by atoms with Gasteiger partial charge >= 0.3 is 5.97 Å². The summed E-state index contributed by atoms with van der Waals surface area (Å²) in [7, 11) is 1.63. The van der Waals surface area contributed by atoms with Gasteiger partial charge in [-0.05, 0) is 43.0 Å². The van der Waals surface area contributed by atoms with E-state index in [1.54, 1.807) is 14.0 Å². The summed E-state index contributed by atoms with van der Waals surface area (Å²) in [6.45, 7) is 2.16. The van der Waals surface area contributed by atoms with Crippen LogP contribution in [-0.2, 0) is 22.4 Å². The lowest BCUT2D eigenvalue weighted by Gasteiger charge is -2.32. The summed E-state index contributed by atoms with van der Waals surface area (Å²) in [5, 5.41) is 0. The molecule has 0 saturated heterocycles. The fraction of sp³-hybridized carbons (Fsp3) is 0.500. The van der Waals surface area contributed by atoms with Gasteiger partial charge in [0, 0.05) is 6.42 Å². The maximum atomic E-state index is 11.9. The fourth-order valence-electron chi connectivity index (χ4n) is 2.37. The second-order valence-electron chi connectivity index (χ2n) is 4.69. The molecule has 2 N–H and O–H groups in total. The van der Waals surface area contributed by atoms with Gasteiger partial charge in [0.05, 0.1) is 13.7 Å². The smallest absolute Gasteiger partial charge is 0.326 e. The summed E-state index contributed by atoms with van der Waals surface area (Å²) < 4.78 is 10.3. The van der Waals surface area contributed by atoms with Crippen molar-refractivity contribution in [3.05, 3.63) is 29.3 Å². The van der Waals surface area contributed by atoms with Gasteiger partial charge in [-0.2, -0.15) is 0 Å². The lowest BCUT2D eigenvalue weighted by Crippen LogP contribution is -2.53. The Balaban J connectivity index is 2.24. The standard InChI is InChI=1S/C14H19NO3/c1-3-18-13(16)14(15)7-6-10-4-5-12(17-2)8-11(10)9-14/h4-5,8H,3,6-7,9,15H2,1-2H3. The zero-order valence-electron chi connectivity index (χ0n) is 10.9. The topological polar surface area (TPSA) is 61.5 Å². The van der Waals surface area contributed by atoms with Crippen molar-refractivity contribution >= 4 is 5.97 Å². The van der Waals surface area contributed by atoms with Gasteiger partial charge in [-0.25, -0.2) is 0 Å². The van der Waals surface area contributed by atoms with Crippen molar-refractivity contribution in [1.29, 1.82) is 0 Å². The highest BCUT2D eigenvalue weighted by Gasteiger charge is 2.38. The van der Waals surface area contributed by atoms with E-state index in [4.69, 9.17) is 15.2 Å². The molecule has 1 aromatic rings. The third-order valence-electron chi connectivity index (χ3n) is 3.44. The van der Waals surface area contributed by atoms with Crippen LogP contribution in [0.4, 0.5) is 0 Å². The molecule has 1 aromatic carbocycles. The van der Waals surface area contributed by atoms with Crippen molar-refractivity contribution < 1.29 is 14.3 Å². The zero-order chi connectivity index (χ0) is 13.2. The molecule has 0 fully saturated rings. The Hall–Kier alpha value is -1.55. The highest BCUT2D eigenvalue weighted by molar-refractivity contribution is 5.81. The summed E-state index contributed by atoms with van der Waals surface area (Å²) >= 11 is 0. The molecule has 1 aliphatic carbocycles. The highest BCUT2D eigenvalue weighted by Crippen LogP contribution is 2.30. The molecule has 0 spiro atoms. The van der Waals surface area contributed by atoms with Gasteiger partial charge in [0.2, 0.25) is 0 Å². The number of carbonyl (C=O) groups is 1. The Morgan fingerprint density at radius 3 is 2.89 bits per heavy atom. The fourth-order valence-corrected chi connectivity index (χ4v) is 2.37. The molecule has 1 aliphatic rings. The maximum Gasteiger partial charge on any atom is 0.326 e. The van der Waals surface area contributed by atoms with Crippen LogP contribution in [0.25, 0.3) is 0 Å². The number of hydrogen-bond donors (Lipinski definition) is 1. The molecule has 0 amide bonds. The number of nitrogens with two attached hydrogens (primary N) is 1. The summed E-state index contributed by atoms with van der Waals surface area (Å²) in [5.41, 5.74) is 7.60. The molecule has 0 bridgehead atoms. The van der Waals surface area contributed by atoms with Crippen LogP contribution in [0.15, 0.2) is 18.2 Å². The van der Waals surface area contributed by atoms with Crippen LogP contribution in [0, 0.1) is 0 Å². The maximum absolute atomic E-state index is 11.9. The van der Waals surface area contributed by atoms with E-state index >= 15 is 0 Å². The first-order valence-corrected chi connectivity index (χ1v) is 6.21. The van der Waals surface area contributed by atoms with Gasteiger partial charge in [-0.15, -0.1) is 0 Å². The number of aryl methyl sites for hydroxylation is 1. The van der Waals surface area contributed by atoms with E-state index in [1.165, 1.54) is 5.56 Å². The van der Waals surface area contributed by atoms with Gasteiger partial charge in [0.25, 0.3) is 0 Å². The Morgan fingerprint density at radius 1 is 1.44 bits per heavy atom. The molecule has 4 heteroatoms. The molecule has 4 nitrogen and oxygen atoms in total. The summed E-state index contributed by atoms with van der Waals surface area (Å²) in [6.07, 6.45) is 1.94. The summed E-state index contributed by atoms with van der Waals surface area (Å²) in [5.74, 6) is 0.486. The van der Waals surface area contributed by atoms with Crippen LogP contribution in [0.5, 0.6) is 5.75 Å². The summed E-state index contributed by atoms with van der Waals surface area (Å²) in [4.78, 5) is 11.9. The Bertz CT molecular complexity index is 458. The number of methoxy groups -OCH3 is 1. The summed E-state index contributed by atoms with van der Waals surface area (Å²) in [6, 6.07) is 5.93. The van der Waals surface area contributed by atoms with Crippen LogP contribution in [0.2, 0.25) is 0 Å². The Labute approximate surface area is 107 Å². The average molecular weight is 249 g/mol. The largest absolute Gasteiger partial charge is 0.497 e. The molecule has 0 aliphatic heterocycles. The third kappa shape index (κ3) is 2.34. The number of esters is 1. The highest BCUT2D eigenvalue weighted by atomic mass is 16.5.